The third-order valence-corrected chi connectivity index (χ3v) is 6.42. The Morgan fingerprint density at radius 1 is 0.964 bits per heavy atom. The monoisotopic (exact) mass is 382 g/mol. The molecule has 0 aliphatic carbocycles. The average Bonchev–Trinajstić information content (AvgIpc) is 3.18. The van der Waals surface area contributed by atoms with E-state index in [4.69, 9.17) is 0 Å². The van der Waals surface area contributed by atoms with Crippen LogP contribution in [0.4, 0.5) is 0 Å². The number of allylic oxidation sites excluding steroid dienone is 1. The van der Waals surface area contributed by atoms with Crippen LogP contribution in [0.15, 0.2) is 65.5 Å². The Hall–Kier alpha value is -3.24. The second kappa shape index (κ2) is 6.43. The Morgan fingerprint density at radius 3 is 2.46 bits per heavy atom. The van der Waals surface area contributed by atoms with Gasteiger partial charge in [-0.1, -0.05) is 66.7 Å². The number of nitrogens with zero attached hydrogens (tertiary/aromatic N) is 2. The summed E-state index contributed by atoms with van der Waals surface area (Å²) < 4.78 is 2.14. The Labute approximate surface area is 165 Å². The zero-order valence-electron chi connectivity index (χ0n) is 15.6. The third-order valence-electron chi connectivity index (χ3n) is 5.23. The molecule has 0 fully saturated rings. The van der Waals surface area contributed by atoms with Gasteiger partial charge in [-0.2, -0.15) is 4.98 Å². The first-order valence-corrected chi connectivity index (χ1v) is 10.0. The van der Waals surface area contributed by atoms with E-state index in [9.17, 15) is 4.79 Å². The fraction of sp³-hybridized carbons (Fsp3) is 0.0833. The molecule has 0 bridgehead atoms. The van der Waals surface area contributed by atoms with Crippen molar-refractivity contribution in [2.75, 3.05) is 0 Å². The summed E-state index contributed by atoms with van der Waals surface area (Å²) in [6.07, 6.45) is 6.26. The molecule has 4 heteroatoms. The number of benzene rings is 2. The van der Waals surface area contributed by atoms with Crippen molar-refractivity contribution in [3.8, 4) is 0 Å². The SMILES string of the molecule is Cc1sc2c(c1C)c(=O)nc1c3ccccc3c(=CC=Cc3ccccc3)n12. The van der Waals surface area contributed by atoms with E-state index in [2.05, 4.69) is 52.7 Å². The molecule has 136 valence electrons. The average molecular weight is 382 g/mol. The molecule has 0 atom stereocenters. The van der Waals surface area contributed by atoms with Crippen LogP contribution in [0.1, 0.15) is 16.0 Å². The maximum Gasteiger partial charge on any atom is 0.282 e. The quantitative estimate of drug-likeness (QED) is 0.436. The van der Waals surface area contributed by atoms with Crippen molar-refractivity contribution in [3.63, 3.8) is 0 Å². The second-order valence-electron chi connectivity index (χ2n) is 6.91. The lowest BCUT2D eigenvalue weighted by Gasteiger charge is -1.97. The van der Waals surface area contributed by atoms with Crippen LogP contribution in [0.5, 0.6) is 0 Å². The van der Waals surface area contributed by atoms with Gasteiger partial charge in [0.05, 0.1) is 10.7 Å². The fourth-order valence-corrected chi connectivity index (χ4v) is 4.89. The number of fused-ring (bicyclic) bond motifs is 5. The molecule has 0 saturated heterocycles. The normalized spacial score (nSPS) is 12.9. The number of thiophene rings is 1. The molecule has 3 aromatic heterocycles. The van der Waals surface area contributed by atoms with Gasteiger partial charge in [-0.15, -0.1) is 11.3 Å². The highest BCUT2D eigenvalue weighted by Gasteiger charge is 2.17. The molecule has 5 aromatic rings. The molecule has 3 heterocycles. The standard InChI is InChI=1S/C24H18N2OS/c1-15-16(2)28-24-21(15)23(27)25-22-19-13-7-6-12-18(19)20(26(22)24)14-8-11-17-9-4-3-5-10-17/h3-14H,1-2H3. The lowest BCUT2D eigenvalue weighted by atomic mass is 10.2. The maximum atomic E-state index is 12.7. The Morgan fingerprint density at radius 2 is 1.68 bits per heavy atom. The van der Waals surface area contributed by atoms with E-state index >= 15 is 0 Å². The van der Waals surface area contributed by atoms with Gasteiger partial charge in [0.2, 0.25) is 0 Å². The summed E-state index contributed by atoms with van der Waals surface area (Å²) in [7, 11) is 0. The summed E-state index contributed by atoms with van der Waals surface area (Å²) in [5.74, 6) is 0. The predicted molar refractivity (Wildman–Crippen MR) is 119 cm³/mol. The van der Waals surface area contributed by atoms with Crippen LogP contribution >= 0.6 is 11.3 Å². The Kier molecular flexibility index (Phi) is 3.88. The lowest BCUT2D eigenvalue weighted by Crippen LogP contribution is -2.15. The molecule has 0 spiro atoms. The molecule has 5 rings (SSSR count). The number of aromatic nitrogens is 2. The van der Waals surface area contributed by atoms with Crippen molar-refractivity contribution in [1.82, 2.24) is 9.38 Å². The molecule has 0 saturated carbocycles. The third kappa shape index (κ3) is 2.49. The minimum absolute atomic E-state index is 0.140. The van der Waals surface area contributed by atoms with Gasteiger partial charge in [0.25, 0.3) is 5.56 Å². The molecule has 0 amide bonds. The van der Waals surface area contributed by atoms with Gasteiger partial charge in [0.15, 0.2) is 5.65 Å². The first-order valence-electron chi connectivity index (χ1n) is 9.21. The zero-order valence-corrected chi connectivity index (χ0v) is 16.5. The van der Waals surface area contributed by atoms with E-state index in [-0.39, 0.29) is 5.56 Å². The summed E-state index contributed by atoms with van der Waals surface area (Å²) in [5.41, 5.74) is 2.77. The summed E-state index contributed by atoms with van der Waals surface area (Å²) >= 11 is 1.66. The smallest absolute Gasteiger partial charge is 0.282 e. The summed E-state index contributed by atoms with van der Waals surface area (Å²) in [5, 5.41) is 3.89. The summed E-state index contributed by atoms with van der Waals surface area (Å²) in [6, 6.07) is 18.4. The van der Waals surface area contributed by atoms with Gasteiger partial charge in [-0.25, -0.2) is 0 Å². The van der Waals surface area contributed by atoms with E-state index in [0.29, 0.717) is 0 Å². The predicted octanol–water partition coefficient (Wildman–Crippen LogP) is 4.89. The highest BCUT2D eigenvalue weighted by atomic mass is 32.1. The fourth-order valence-electron chi connectivity index (χ4n) is 3.72. The van der Waals surface area contributed by atoms with Crippen LogP contribution in [0.3, 0.4) is 0 Å². The van der Waals surface area contributed by atoms with Gasteiger partial charge < -0.3 is 0 Å². The minimum Gasteiger partial charge on any atom is -0.284 e. The van der Waals surface area contributed by atoms with Crippen molar-refractivity contribution in [1.29, 1.82) is 0 Å². The maximum absolute atomic E-state index is 12.7. The van der Waals surface area contributed by atoms with Crippen LogP contribution in [0, 0.1) is 13.8 Å². The van der Waals surface area contributed by atoms with Gasteiger partial charge in [0.1, 0.15) is 4.83 Å². The highest BCUT2D eigenvalue weighted by molar-refractivity contribution is 7.18. The topological polar surface area (TPSA) is 34.4 Å². The van der Waals surface area contributed by atoms with Crippen LogP contribution < -0.4 is 10.9 Å². The van der Waals surface area contributed by atoms with Crippen molar-refractivity contribution in [3.05, 3.63) is 92.4 Å². The van der Waals surface area contributed by atoms with Gasteiger partial charge >= 0.3 is 0 Å². The van der Waals surface area contributed by atoms with Crippen molar-refractivity contribution < 1.29 is 0 Å². The molecular formula is C24H18N2OS. The molecule has 3 nitrogen and oxygen atoms in total. The van der Waals surface area contributed by atoms with Gasteiger partial charge in [-0.3, -0.25) is 9.20 Å². The summed E-state index contributed by atoms with van der Waals surface area (Å²) in [4.78, 5) is 19.3. The number of hydrogen-bond acceptors (Lipinski definition) is 3. The van der Waals surface area contributed by atoms with Gasteiger partial charge in [0, 0.05) is 15.6 Å². The molecule has 0 N–H and O–H groups in total. The molecule has 0 radical (unpaired) electrons. The van der Waals surface area contributed by atoms with Crippen LogP contribution in [0.25, 0.3) is 38.8 Å². The van der Waals surface area contributed by atoms with E-state index in [1.807, 2.05) is 43.3 Å². The molecule has 28 heavy (non-hydrogen) atoms. The first kappa shape index (κ1) is 16.9. The van der Waals surface area contributed by atoms with E-state index in [1.165, 1.54) is 0 Å². The largest absolute Gasteiger partial charge is 0.284 e. The molecular weight excluding hydrogens is 364 g/mol. The Bertz CT molecular complexity index is 1490. The Balaban J connectivity index is 1.91. The van der Waals surface area contributed by atoms with E-state index < -0.39 is 0 Å². The van der Waals surface area contributed by atoms with Crippen molar-refractivity contribution in [2.45, 2.75) is 13.8 Å². The van der Waals surface area contributed by atoms with E-state index in [0.717, 1.165) is 48.0 Å². The number of rotatable bonds is 2. The molecule has 0 aliphatic heterocycles. The molecule has 2 aromatic carbocycles. The highest BCUT2D eigenvalue weighted by Crippen LogP contribution is 2.29. The van der Waals surface area contributed by atoms with E-state index in [1.54, 1.807) is 11.3 Å². The van der Waals surface area contributed by atoms with Crippen LogP contribution in [-0.2, 0) is 0 Å². The minimum atomic E-state index is -0.140. The summed E-state index contributed by atoms with van der Waals surface area (Å²) in [6.45, 7) is 4.07. The van der Waals surface area contributed by atoms with Crippen LogP contribution in [-0.4, -0.2) is 9.38 Å². The van der Waals surface area contributed by atoms with Crippen molar-refractivity contribution >= 4 is 50.1 Å². The molecule has 0 aliphatic rings. The van der Waals surface area contributed by atoms with Crippen molar-refractivity contribution in [2.24, 2.45) is 0 Å². The number of hydrogen-bond donors (Lipinski definition) is 0. The van der Waals surface area contributed by atoms with Crippen LogP contribution in [0.2, 0.25) is 0 Å². The lowest BCUT2D eigenvalue weighted by molar-refractivity contribution is 1.15. The molecule has 0 unspecified atom stereocenters. The number of aryl methyl sites for hydroxylation is 2. The second-order valence-corrected chi connectivity index (χ2v) is 8.11. The first-order chi connectivity index (χ1) is 13.6. The zero-order chi connectivity index (χ0) is 19.3. The van der Waals surface area contributed by atoms with Gasteiger partial charge in [-0.05, 0) is 31.1 Å².